The molecule has 2 N–H and O–H groups in total. The van der Waals surface area contributed by atoms with E-state index in [9.17, 15) is 4.79 Å². The zero-order valence-electron chi connectivity index (χ0n) is 18.3. The lowest BCUT2D eigenvalue weighted by Gasteiger charge is -2.13. The number of guanidine groups is 1. The zero-order chi connectivity index (χ0) is 21.7. The summed E-state index contributed by atoms with van der Waals surface area (Å²) in [5, 5.41) is 10.7. The maximum absolute atomic E-state index is 12.9. The highest BCUT2D eigenvalue weighted by Gasteiger charge is 2.14. The van der Waals surface area contributed by atoms with Crippen molar-refractivity contribution in [2.45, 2.75) is 47.7 Å². The molecule has 1 aromatic heterocycles. The number of benzene rings is 2. The van der Waals surface area contributed by atoms with Crippen molar-refractivity contribution in [3.05, 3.63) is 82.2 Å². The van der Waals surface area contributed by atoms with Gasteiger partial charge in [-0.05, 0) is 58.4 Å². The highest BCUT2D eigenvalue weighted by molar-refractivity contribution is 6.10. The lowest BCUT2D eigenvalue weighted by atomic mass is 10.1. The third kappa shape index (κ3) is 4.95. The van der Waals surface area contributed by atoms with Gasteiger partial charge in [0.1, 0.15) is 0 Å². The van der Waals surface area contributed by atoms with Crippen LogP contribution in [0, 0.1) is 27.7 Å². The summed E-state index contributed by atoms with van der Waals surface area (Å²) < 4.78 is 1.97. The van der Waals surface area contributed by atoms with Crippen molar-refractivity contribution in [2.24, 2.45) is 4.99 Å². The Morgan fingerprint density at radius 1 is 1.03 bits per heavy atom. The molecular weight excluding hydrogens is 374 g/mol. The van der Waals surface area contributed by atoms with Gasteiger partial charge in [-0.3, -0.25) is 14.8 Å². The SMILES string of the molecule is CCn1nc(C)c(CN=C(NC(=O)c2ccccc2C)Nc2ccc(C)cc2)c1C. The number of aromatic nitrogens is 2. The second-order valence-electron chi connectivity index (χ2n) is 7.39. The Hall–Kier alpha value is -3.41. The molecule has 0 unspecified atom stereocenters. The van der Waals surface area contributed by atoms with Crippen LogP contribution in [-0.2, 0) is 13.1 Å². The quantitative estimate of drug-likeness (QED) is 0.485. The number of carbonyl (C=O) groups is 1. The number of aliphatic imine (C=N–C) groups is 1. The minimum Gasteiger partial charge on any atom is -0.326 e. The summed E-state index contributed by atoms with van der Waals surface area (Å²) in [5.41, 5.74) is 6.70. The Labute approximate surface area is 178 Å². The van der Waals surface area contributed by atoms with E-state index < -0.39 is 0 Å². The highest BCUT2D eigenvalue weighted by Crippen LogP contribution is 2.15. The molecule has 0 spiro atoms. The zero-order valence-corrected chi connectivity index (χ0v) is 18.3. The summed E-state index contributed by atoms with van der Waals surface area (Å²) in [4.78, 5) is 17.6. The first-order chi connectivity index (χ1) is 14.4. The molecular formula is C24H29N5O. The van der Waals surface area contributed by atoms with E-state index in [1.807, 2.05) is 80.9 Å². The van der Waals surface area contributed by atoms with Crippen LogP contribution >= 0.6 is 0 Å². The lowest BCUT2D eigenvalue weighted by molar-refractivity contribution is 0.0976. The molecule has 3 aromatic rings. The van der Waals surface area contributed by atoms with Crippen molar-refractivity contribution in [1.29, 1.82) is 0 Å². The number of hydrogen-bond acceptors (Lipinski definition) is 3. The van der Waals surface area contributed by atoms with Gasteiger partial charge < -0.3 is 5.32 Å². The maximum atomic E-state index is 12.9. The summed E-state index contributed by atoms with van der Waals surface area (Å²) in [6.45, 7) is 11.3. The van der Waals surface area contributed by atoms with Gasteiger partial charge in [-0.25, -0.2) is 4.99 Å². The molecule has 0 saturated carbocycles. The molecule has 0 saturated heterocycles. The van der Waals surface area contributed by atoms with Gasteiger partial charge in [0, 0.05) is 29.1 Å². The van der Waals surface area contributed by atoms with Crippen LogP contribution < -0.4 is 10.6 Å². The molecule has 6 nitrogen and oxygen atoms in total. The van der Waals surface area contributed by atoms with Gasteiger partial charge in [0.05, 0.1) is 12.2 Å². The summed E-state index contributed by atoms with van der Waals surface area (Å²) in [6, 6.07) is 15.5. The van der Waals surface area contributed by atoms with Crippen LogP contribution in [-0.4, -0.2) is 21.6 Å². The number of nitrogens with one attached hydrogen (secondary N) is 2. The van der Waals surface area contributed by atoms with Gasteiger partial charge >= 0.3 is 0 Å². The lowest BCUT2D eigenvalue weighted by Crippen LogP contribution is -2.36. The first kappa shape index (κ1) is 21.3. The highest BCUT2D eigenvalue weighted by atomic mass is 16.1. The normalized spacial score (nSPS) is 11.4. The van der Waals surface area contributed by atoms with Crippen molar-refractivity contribution in [3.8, 4) is 0 Å². The fraction of sp³-hybridized carbons (Fsp3) is 0.292. The molecule has 1 heterocycles. The van der Waals surface area contributed by atoms with Crippen molar-refractivity contribution >= 4 is 17.6 Å². The van der Waals surface area contributed by atoms with E-state index in [0.29, 0.717) is 18.1 Å². The molecule has 3 rings (SSSR count). The van der Waals surface area contributed by atoms with Gasteiger partial charge in [0.25, 0.3) is 5.91 Å². The van der Waals surface area contributed by atoms with Crippen molar-refractivity contribution in [2.75, 3.05) is 5.32 Å². The van der Waals surface area contributed by atoms with Gasteiger partial charge in [0.15, 0.2) is 0 Å². The summed E-state index contributed by atoms with van der Waals surface area (Å²) in [6.07, 6.45) is 0. The molecule has 0 radical (unpaired) electrons. The Kier molecular flexibility index (Phi) is 6.67. The van der Waals surface area contributed by atoms with E-state index in [1.165, 1.54) is 5.56 Å². The number of hydrogen-bond donors (Lipinski definition) is 2. The Bertz CT molecular complexity index is 1060. The number of aryl methyl sites for hydroxylation is 4. The van der Waals surface area contributed by atoms with Gasteiger partial charge in [-0.15, -0.1) is 0 Å². The first-order valence-electron chi connectivity index (χ1n) is 10.2. The van der Waals surface area contributed by atoms with E-state index in [0.717, 1.165) is 34.7 Å². The predicted molar refractivity (Wildman–Crippen MR) is 122 cm³/mol. The largest absolute Gasteiger partial charge is 0.326 e. The van der Waals surface area contributed by atoms with Crippen LogP contribution in [0.1, 0.15) is 45.4 Å². The smallest absolute Gasteiger partial charge is 0.258 e. The summed E-state index contributed by atoms with van der Waals surface area (Å²) in [7, 11) is 0. The van der Waals surface area contributed by atoms with E-state index in [-0.39, 0.29) is 5.91 Å². The second kappa shape index (κ2) is 9.39. The Morgan fingerprint density at radius 3 is 2.37 bits per heavy atom. The van der Waals surface area contributed by atoms with E-state index in [4.69, 9.17) is 4.99 Å². The molecule has 30 heavy (non-hydrogen) atoms. The fourth-order valence-corrected chi connectivity index (χ4v) is 3.32. The number of anilines is 1. The average molecular weight is 404 g/mol. The Morgan fingerprint density at radius 2 is 1.73 bits per heavy atom. The van der Waals surface area contributed by atoms with Crippen LogP contribution in [0.3, 0.4) is 0 Å². The average Bonchev–Trinajstić information content (AvgIpc) is 3.01. The number of rotatable bonds is 5. The molecule has 0 aliphatic rings. The van der Waals surface area contributed by atoms with Crippen LogP contribution in [0.4, 0.5) is 5.69 Å². The minimum atomic E-state index is -0.191. The first-order valence-corrected chi connectivity index (χ1v) is 10.2. The van der Waals surface area contributed by atoms with Crippen LogP contribution in [0.5, 0.6) is 0 Å². The standard InChI is InChI=1S/C24H29N5O/c1-6-29-19(5)22(18(4)28-29)15-25-24(26-20-13-11-16(2)12-14-20)27-23(30)21-10-8-7-9-17(21)3/h7-14H,6,15H2,1-5H3,(H2,25,26,27,30). The van der Waals surface area contributed by atoms with Gasteiger partial charge in [0.2, 0.25) is 5.96 Å². The van der Waals surface area contributed by atoms with Crippen molar-refractivity contribution in [1.82, 2.24) is 15.1 Å². The van der Waals surface area contributed by atoms with Gasteiger partial charge in [-0.2, -0.15) is 5.10 Å². The molecule has 2 aromatic carbocycles. The third-order valence-electron chi connectivity index (χ3n) is 5.16. The van der Waals surface area contributed by atoms with E-state index in [1.54, 1.807) is 0 Å². The predicted octanol–water partition coefficient (Wildman–Crippen LogP) is 4.53. The van der Waals surface area contributed by atoms with Crippen LogP contribution in [0.15, 0.2) is 53.5 Å². The molecule has 0 aliphatic carbocycles. The monoisotopic (exact) mass is 403 g/mol. The number of carbonyl (C=O) groups excluding carboxylic acids is 1. The topological polar surface area (TPSA) is 71.3 Å². The Balaban J connectivity index is 1.87. The molecule has 0 atom stereocenters. The third-order valence-corrected chi connectivity index (χ3v) is 5.16. The molecule has 0 aliphatic heterocycles. The van der Waals surface area contributed by atoms with Crippen LogP contribution in [0.2, 0.25) is 0 Å². The molecule has 6 heteroatoms. The molecule has 0 fully saturated rings. The molecule has 156 valence electrons. The molecule has 0 bridgehead atoms. The maximum Gasteiger partial charge on any atom is 0.258 e. The number of amides is 1. The van der Waals surface area contributed by atoms with Crippen LogP contribution in [0.25, 0.3) is 0 Å². The minimum absolute atomic E-state index is 0.191. The van der Waals surface area contributed by atoms with E-state index in [2.05, 4.69) is 22.7 Å². The second-order valence-corrected chi connectivity index (χ2v) is 7.39. The summed E-state index contributed by atoms with van der Waals surface area (Å²) in [5.74, 6) is 0.222. The van der Waals surface area contributed by atoms with Gasteiger partial charge in [-0.1, -0.05) is 35.9 Å². The summed E-state index contributed by atoms with van der Waals surface area (Å²) >= 11 is 0. The van der Waals surface area contributed by atoms with Crippen molar-refractivity contribution < 1.29 is 4.79 Å². The fourth-order valence-electron chi connectivity index (χ4n) is 3.32. The van der Waals surface area contributed by atoms with E-state index >= 15 is 0 Å². The number of nitrogens with zero attached hydrogens (tertiary/aromatic N) is 3. The molecule has 1 amide bonds. The van der Waals surface area contributed by atoms with Crippen molar-refractivity contribution in [3.63, 3.8) is 0 Å².